The highest BCUT2D eigenvalue weighted by Gasteiger charge is 2.13. The maximum atomic E-state index is 12.0. The van der Waals surface area contributed by atoms with Gasteiger partial charge in [-0.1, -0.05) is 6.07 Å². The Bertz CT molecular complexity index is 593. The minimum atomic E-state index is -0.0286. The van der Waals surface area contributed by atoms with Crippen LogP contribution in [0.2, 0.25) is 0 Å². The number of carbonyl (C=O) groups excluding carboxylic acids is 1. The number of hydrogen-bond donors (Lipinski definition) is 2. The monoisotopic (exact) mass is 271 g/mol. The summed E-state index contributed by atoms with van der Waals surface area (Å²) >= 11 is 0. The van der Waals surface area contributed by atoms with Gasteiger partial charge in [0.25, 0.3) is 5.91 Å². The summed E-state index contributed by atoms with van der Waals surface area (Å²) < 4.78 is 5.35. The van der Waals surface area contributed by atoms with Gasteiger partial charge in [-0.3, -0.25) is 4.79 Å². The van der Waals surface area contributed by atoms with E-state index in [9.17, 15) is 4.79 Å². The van der Waals surface area contributed by atoms with Crippen molar-refractivity contribution < 1.29 is 9.53 Å². The highest BCUT2D eigenvalue weighted by molar-refractivity contribution is 5.94. The zero-order chi connectivity index (χ0) is 13.8. The first-order valence-corrected chi connectivity index (χ1v) is 6.79. The highest BCUT2D eigenvalue weighted by Crippen LogP contribution is 2.20. The van der Waals surface area contributed by atoms with E-state index in [1.54, 1.807) is 12.4 Å². The molecule has 2 heterocycles. The van der Waals surface area contributed by atoms with E-state index in [1.807, 2.05) is 18.2 Å². The van der Waals surface area contributed by atoms with Crippen LogP contribution in [-0.4, -0.2) is 22.4 Å². The number of H-pyrrole nitrogens is 1. The van der Waals surface area contributed by atoms with Crippen LogP contribution in [0.25, 0.3) is 0 Å². The molecule has 0 spiro atoms. The summed E-state index contributed by atoms with van der Waals surface area (Å²) in [6, 6.07) is 5.75. The quantitative estimate of drug-likeness (QED) is 0.815. The zero-order valence-electron chi connectivity index (χ0n) is 11.2. The molecule has 2 aromatic rings. The number of fused-ring (bicyclic) bond motifs is 1. The Morgan fingerprint density at radius 3 is 3.10 bits per heavy atom. The van der Waals surface area contributed by atoms with Gasteiger partial charge in [0.2, 0.25) is 0 Å². The second-order valence-electron chi connectivity index (χ2n) is 4.87. The third kappa shape index (κ3) is 2.88. The fraction of sp³-hybridized carbons (Fsp3) is 0.333. The van der Waals surface area contributed by atoms with Gasteiger partial charge in [0, 0.05) is 30.9 Å². The predicted octanol–water partition coefficient (Wildman–Crippen LogP) is 1.80. The summed E-state index contributed by atoms with van der Waals surface area (Å²) in [4.78, 5) is 19.2. The van der Waals surface area contributed by atoms with Crippen LogP contribution in [-0.2, 0) is 24.4 Å². The maximum Gasteiger partial charge on any atom is 0.251 e. The van der Waals surface area contributed by atoms with Crippen LogP contribution in [0.4, 0.5) is 0 Å². The highest BCUT2D eigenvalue weighted by atomic mass is 16.5. The molecule has 1 aromatic carbocycles. The molecule has 1 aliphatic heterocycles. The van der Waals surface area contributed by atoms with Crippen molar-refractivity contribution in [1.29, 1.82) is 0 Å². The van der Waals surface area contributed by atoms with Crippen LogP contribution < -0.4 is 5.32 Å². The van der Waals surface area contributed by atoms with E-state index in [1.165, 1.54) is 5.56 Å². The Morgan fingerprint density at radius 2 is 2.25 bits per heavy atom. The second kappa shape index (κ2) is 5.88. The van der Waals surface area contributed by atoms with E-state index < -0.39 is 0 Å². The van der Waals surface area contributed by atoms with Crippen molar-refractivity contribution in [2.24, 2.45) is 0 Å². The van der Waals surface area contributed by atoms with E-state index >= 15 is 0 Å². The smallest absolute Gasteiger partial charge is 0.251 e. The molecule has 104 valence electrons. The number of aromatic amines is 1. The molecule has 1 amide bonds. The molecule has 1 aliphatic rings. The molecule has 5 heteroatoms. The molecule has 0 saturated heterocycles. The maximum absolute atomic E-state index is 12.0. The van der Waals surface area contributed by atoms with Crippen molar-refractivity contribution in [3.63, 3.8) is 0 Å². The van der Waals surface area contributed by atoms with Crippen LogP contribution >= 0.6 is 0 Å². The van der Waals surface area contributed by atoms with Gasteiger partial charge in [-0.15, -0.1) is 0 Å². The van der Waals surface area contributed by atoms with Gasteiger partial charge in [-0.05, 0) is 29.7 Å². The number of ether oxygens (including phenoxy) is 1. The summed E-state index contributed by atoms with van der Waals surface area (Å²) in [6.45, 7) is 1.91. The summed E-state index contributed by atoms with van der Waals surface area (Å²) in [7, 11) is 0. The molecular weight excluding hydrogens is 254 g/mol. The van der Waals surface area contributed by atoms with Crippen LogP contribution in [0.3, 0.4) is 0 Å². The SMILES string of the molecule is O=C(NCCCc1ncc[nH]1)c1ccc2c(c1)COC2. The molecule has 0 unspecified atom stereocenters. The van der Waals surface area contributed by atoms with E-state index in [0.717, 1.165) is 24.2 Å². The van der Waals surface area contributed by atoms with Crippen molar-refractivity contribution in [1.82, 2.24) is 15.3 Å². The lowest BCUT2D eigenvalue weighted by atomic mass is 10.1. The topological polar surface area (TPSA) is 67.0 Å². The molecule has 5 nitrogen and oxygen atoms in total. The minimum absolute atomic E-state index is 0.0286. The lowest BCUT2D eigenvalue weighted by Gasteiger charge is -2.06. The average Bonchev–Trinajstić information content (AvgIpc) is 3.13. The molecule has 0 saturated carbocycles. The minimum Gasteiger partial charge on any atom is -0.372 e. The fourth-order valence-corrected chi connectivity index (χ4v) is 2.31. The van der Waals surface area contributed by atoms with Gasteiger partial charge >= 0.3 is 0 Å². The number of nitrogens with zero attached hydrogens (tertiary/aromatic N) is 1. The van der Waals surface area contributed by atoms with Gasteiger partial charge in [-0.2, -0.15) is 0 Å². The summed E-state index contributed by atoms with van der Waals surface area (Å²) in [5.41, 5.74) is 3.00. The number of carbonyl (C=O) groups is 1. The first-order chi connectivity index (χ1) is 9.83. The van der Waals surface area contributed by atoms with Crippen molar-refractivity contribution in [3.05, 3.63) is 53.1 Å². The van der Waals surface area contributed by atoms with Gasteiger partial charge in [0.1, 0.15) is 5.82 Å². The van der Waals surface area contributed by atoms with E-state index in [0.29, 0.717) is 25.3 Å². The van der Waals surface area contributed by atoms with Crippen LogP contribution in [0.15, 0.2) is 30.6 Å². The predicted molar refractivity (Wildman–Crippen MR) is 74.2 cm³/mol. The number of hydrogen-bond acceptors (Lipinski definition) is 3. The second-order valence-corrected chi connectivity index (χ2v) is 4.87. The van der Waals surface area contributed by atoms with E-state index in [2.05, 4.69) is 15.3 Å². The Kier molecular flexibility index (Phi) is 3.78. The number of aromatic nitrogens is 2. The normalized spacial score (nSPS) is 13.2. The average molecular weight is 271 g/mol. The Morgan fingerprint density at radius 1 is 1.35 bits per heavy atom. The molecule has 0 radical (unpaired) electrons. The first-order valence-electron chi connectivity index (χ1n) is 6.79. The number of aryl methyl sites for hydroxylation is 1. The number of amides is 1. The lowest BCUT2D eigenvalue weighted by molar-refractivity contribution is 0.0953. The van der Waals surface area contributed by atoms with Gasteiger partial charge in [0.05, 0.1) is 13.2 Å². The third-order valence-electron chi connectivity index (χ3n) is 3.41. The van der Waals surface area contributed by atoms with Crippen molar-refractivity contribution in [2.75, 3.05) is 6.54 Å². The molecule has 0 atom stereocenters. The molecule has 3 rings (SSSR count). The first kappa shape index (κ1) is 12.9. The van der Waals surface area contributed by atoms with Crippen LogP contribution in [0.5, 0.6) is 0 Å². The van der Waals surface area contributed by atoms with Gasteiger partial charge in [0.15, 0.2) is 0 Å². The molecule has 20 heavy (non-hydrogen) atoms. The zero-order valence-corrected chi connectivity index (χ0v) is 11.2. The Labute approximate surface area is 117 Å². The summed E-state index contributed by atoms with van der Waals surface area (Å²) in [5.74, 6) is 0.924. The Hall–Kier alpha value is -2.14. The third-order valence-corrected chi connectivity index (χ3v) is 3.41. The van der Waals surface area contributed by atoms with Crippen molar-refractivity contribution in [3.8, 4) is 0 Å². The van der Waals surface area contributed by atoms with E-state index in [-0.39, 0.29) is 5.91 Å². The standard InChI is InChI=1S/C15H17N3O2/c19-15(18-5-1-2-14-16-6-7-17-14)11-3-4-12-9-20-10-13(12)8-11/h3-4,6-8H,1-2,5,9-10H2,(H,16,17)(H,18,19). The Balaban J connectivity index is 1.49. The van der Waals surface area contributed by atoms with Gasteiger partial charge < -0.3 is 15.0 Å². The van der Waals surface area contributed by atoms with Crippen molar-refractivity contribution in [2.45, 2.75) is 26.1 Å². The van der Waals surface area contributed by atoms with Crippen LogP contribution in [0.1, 0.15) is 33.7 Å². The molecule has 1 aromatic heterocycles. The summed E-state index contributed by atoms with van der Waals surface area (Å²) in [5, 5.41) is 2.93. The number of benzene rings is 1. The molecular formula is C15H17N3O2. The number of nitrogens with one attached hydrogen (secondary N) is 2. The molecule has 0 aliphatic carbocycles. The van der Waals surface area contributed by atoms with Crippen LogP contribution in [0, 0.1) is 0 Å². The largest absolute Gasteiger partial charge is 0.372 e. The fourth-order valence-electron chi connectivity index (χ4n) is 2.31. The van der Waals surface area contributed by atoms with E-state index in [4.69, 9.17) is 4.74 Å². The number of rotatable bonds is 5. The lowest BCUT2D eigenvalue weighted by Crippen LogP contribution is -2.25. The molecule has 0 fully saturated rings. The summed E-state index contributed by atoms with van der Waals surface area (Å²) in [6.07, 6.45) is 5.25. The van der Waals surface area contributed by atoms with Crippen molar-refractivity contribution >= 4 is 5.91 Å². The number of imidazole rings is 1. The molecule has 2 N–H and O–H groups in total. The van der Waals surface area contributed by atoms with Gasteiger partial charge in [-0.25, -0.2) is 4.98 Å². The molecule has 0 bridgehead atoms.